The Kier molecular flexibility index (Phi) is 4.93. The molecular formula is C27H26FN5. The van der Waals surface area contributed by atoms with Crippen LogP contribution < -0.4 is 0 Å². The maximum atomic E-state index is 13.9. The van der Waals surface area contributed by atoms with Gasteiger partial charge in [-0.3, -0.25) is 4.98 Å². The van der Waals surface area contributed by atoms with E-state index < -0.39 is 0 Å². The van der Waals surface area contributed by atoms with Crippen LogP contribution in [0.25, 0.3) is 27.6 Å². The number of nitrogens with zero attached hydrogens (tertiary/aromatic N) is 4. The van der Waals surface area contributed by atoms with Gasteiger partial charge in [0.05, 0.1) is 22.2 Å². The molecule has 6 rings (SSSR count). The Labute approximate surface area is 191 Å². The molecule has 1 N–H and O–H groups in total. The topological polar surface area (TPSA) is 59.4 Å². The number of aromatic amines is 1. The van der Waals surface area contributed by atoms with Crippen molar-refractivity contribution in [2.75, 3.05) is 0 Å². The first-order valence-electron chi connectivity index (χ1n) is 11.7. The molecule has 3 heterocycles. The minimum Gasteiger partial charge on any atom is -0.342 e. The molecule has 1 atom stereocenters. The van der Waals surface area contributed by atoms with Gasteiger partial charge in [-0.1, -0.05) is 6.92 Å². The van der Waals surface area contributed by atoms with E-state index in [2.05, 4.69) is 46.3 Å². The number of benzene rings is 2. The number of pyridine rings is 1. The minimum atomic E-state index is -0.195. The third kappa shape index (κ3) is 3.69. The molecule has 1 aliphatic carbocycles. The van der Waals surface area contributed by atoms with E-state index in [1.165, 1.54) is 11.6 Å². The Morgan fingerprint density at radius 3 is 2.70 bits per heavy atom. The van der Waals surface area contributed by atoms with Crippen molar-refractivity contribution < 1.29 is 4.39 Å². The number of hydrogen-bond donors (Lipinski definition) is 1. The Hall–Kier alpha value is -3.54. The summed E-state index contributed by atoms with van der Waals surface area (Å²) in [5.74, 6) is 2.26. The smallest absolute Gasteiger partial charge is 0.123 e. The van der Waals surface area contributed by atoms with Crippen molar-refractivity contribution in [3.05, 3.63) is 84.3 Å². The first kappa shape index (κ1) is 20.1. The second-order valence-electron chi connectivity index (χ2n) is 9.24. The SMILES string of the molecule is C[C@@H](c1nc2cc(-n3cccn3)ccc2[nH]1)[C@H]1CC[C@@H](c2ccnc3ccc(F)cc32)CC1. The number of H-pyrrole nitrogens is 1. The fourth-order valence-corrected chi connectivity index (χ4v) is 5.44. The highest BCUT2D eigenvalue weighted by molar-refractivity contribution is 5.82. The highest BCUT2D eigenvalue weighted by atomic mass is 19.1. The lowest BCUT2D eigenvalue weighted by atomic mass is 9.73. The molecule has 0 saturated heterocycles. The molecule has 0 aliphatic heterocycles. The summed E-state index contributed by atoms with van der Waals surface area (Å²) >= 11 is 0. The zero-order valence-corrected chi connectivity index (χ0v) is 18.6. The standard InChI is InChI=1S/C27H26FN5/c1-17(27-31-25-10-8-21(16-26(25)32-27)33-14-2-12-30-33)18-3-5-19(6-4-18)22-11-13-29-24-9-7-20(28)15-23(22)24/h2,7-19H,3-6H2,1H3,(H,31,32)/t17-,18-,19+/m1/s1. The van der Waals surface area contributed by atoms with E-state index in [1.54, 1.807) is 18.3 Å². The Bertz CT molecular complexity index is 1410. The van der Waals surface area contributed by atoms with Gasteiger partial charge in [0.2, 0.25) is 0 Å². The summed E-state index contributed by atoms with van der Waals surface area (Å²) in [5.41, 5.74) is 5.16. The minimum absolute atomic E-state index is 0.195. The van der Waals surface area contributed by atoms with Crippen LogP contribution in [0.4, 0.5) is 4.39 Å². The first-order chi connectivity index (χ1) is 16.2. The van der Waals surface area contributed by atoms with Crippen molar-refractivity contribution in [1.29, 1.82) is 0 Å². The van der Waals surface area contributed by atoms with Crippen molar-refractivity contribution in [2.24, 2.45) is 5.92 Å². The van der Waals surface area contributed by atoms with Crippen molar-refractivity contribution in [2.45, 2.75) is 44.4 Å². The summed E-state index contributed by atoms with van der Waals surface area (Å²) in [5, 5.41) is 5.28. The van der Waals surface area contributed by atoms with Gasteiger partial charge in [0.1, 0.15) is 11.6 Å². The van der Waals surface area contributed by atoms with Gasteiger partial charge in [-0.2, -0.15) is 5.10 Å². The average molecular weight is 440 g/mol. The van der Waals surface area contributed by atoms with Crippen LogP contribution in [0.15, 0.2) is 67.1 Å². The summed E-state index contributed by atoms with van der Waals surface area (Å²) in [6, 6.07) is 15.1. The van der Waals surface area contributed by atoms with Gasteiger partial charge in [0.15, 0.2) is 0 Å². The van der Waals surface area contributed by atoms with Crippen LogP contribution in [0.2, 0.25) is 0 Å². The summed E-state index contributed by atoms with van der Waals surface area (Å²) in [6.45, 7) is 2.29. The van der Waals surface area contributed by atoms with Crippen LogP contribution in [0.3, 0.4) is 0 Å². The van der Waals surface area contributed by atoms with Gasteiger partial charge < -0.3 is 4.98 Å². The molecule has 2 aromatic carbocycles. The Morgan fingerprint density at radius 1 is 1.00 bits per heavy atom. The zero-order chi connectivity index (χ0) is 22.4. The molecule has 5 nitrogen and oxygen atoms in total. The second kappa shape index (κ2) is 8.10. The molecule has 0 bridgehead atoms. The van der Waals surface area contributed by atoms with Gasteiger partial charge in [0.25, 0.3) is 0 Å². The van der Waals surface area contributed by atoms with E-state index in [4.69, 9.17) is 4.98 Å². The largest absolute Gasteiger partial charge is 0.342 e. The molecule has 1 saturated carbocycles. The van der Waals surface area contributed by atoms with Crippen molar-refractivity contribution in [3.63, 3.8) is 0 Å². The molecule has 0 spiro atoms. The number of imidazole rings is 1. The van der Waals surface area contributed by atoms with Crippen LogP contribution in [0.1, 0.15) is 55.8 Å². The van der Waals surface area contributed by atoms with Crippen LogP contribution in [-0.2, 0) is 0 Å². The normalized spacial score (nSPS) is 19.8. The van der Waals surface area contributed by atoms with E-state index in [0.717, 1.165) is 59.1 Å². The number of halogens is 1. The zero-order valence-electron chi connectivity index (χ0n) is 18.6. The molecule has 0 unspecified atom stereocenters. The molecule has 5 aromatic rings. The van der Waals surface area contributed by atoms with Crippen LogP contribution in [0.5, 0.6) is 0 Å². The molecule has 1 fully saturated rings. The van der Waals surface area contributed by atoms with Gasteiger partial charge in [-0.05, 0) is 91.6 Å². The van der Waals surface area contributed by atoms with Gasteiger partial charge in [-0.25, -0.2) is 14.1 Å². The highest BCUT2D eigenvalue weighted by Crippen LogP contribution is 2.43. The predicted molar refractivity (Wildman–Crippen MR) is 128 cm³/mol. The third-order valence-electron chi connectivity index (χ3n) is 7.34. The van der Waals surface area contributed by atoms with E-state index in [-0.39, 0.29) is 5.82 Å². The van der Waals surface area contributed by atoms with Crippen molar-refractivity contribution in [3.8, 4) is 5.69 Å². The number of nitrogens with one attached hydrogen (secondary N) is 1. The highest BCUT2D eigenvalue weighted by Gasteiger charge is 2.29. The molecule has 0 amide bonds. The summed E-state index contributed by atoms with van der Waals surface area (Å²) in [6.07, 6.45) is 10.1. The monoisotopic (exact) mass is 439 g/mol. The molecule has 0 radical (unpaired) electrons. The van der Waals surface area contributed by atoms with E-state index >= 15 is 0 Å². The van der Waals surface area contributed by atoms with E-state index in [0.29, 0.717) is 17.8 Å². The fourth-order valence-electron chi connectivity index (χ4n) is 5.44. The average Bonchev–Trinajstić information content (AvgIpc) is 3.53. The molecule has 1 aliphatic rings. The number of rotatable bonds is 4. The third-order valence-corrected chi connectivity index (χ3v) is 7.34. The number of hydrogen-bond acceptors (Lipinski definition) is 3. The molecular weight excluding hydrogens is 413 g/mol. The van der Waals surface area contributed by atoms with Gasteiger partial charge >= 0.3 is 0 Å². The summed E-state index contributed by atoms with van der Waals surface area (Å²) < 4.78 is 15.7. The maximum Gasteiger partial charge on any atom is 0.123 e. The summed E-state index contributed by atoms with van der Waals surface area (Å²) in [4.78, 5) is 12.9. The van der Waals surface area contributed by atoms with Crippen LogP contribution in [0, 0.1) is 11.7 Å². The lowest BCUT2D eigenvalue weighted by molar-refractivity contribution is 0.286. The Balaban J connectivity index is 1.20. The van der Waals surface area contributed by atoms with Crippen molar-refractivity contribution in [1.82, 2.24) is 24.7 Å². The van der Waals surface area contributed by atoms with Gasteiger partial charge in [0, 0.05) is 29.9 Å². The molecule has 33 heavy (non-hydrogen) atoms. The quantitative estimate of drug-likeness (QED) is 0.347. The van der Waals surface area contributed by atoms with E-state index in [1.807, 2.05) is 23.1 Å². The fraction of sp³-hybridized carbons (Fsp3) is 0.296. The predicted octanol–water partition coefficient (Wildman–Crippen LogP) is 6.51. The lowest BCUT2D eigenvalue weighted by Crippen LogP contribution is -2.19. The second-order valence-corrected chi connectivity index (χ2v) is 9.24. The van der Waals surface area contributed by atoms with Gasteiger partial charge in [-0.15, -0.1) is 0 Å². The van der Waals surface area contributed by atoms with E-state index in [9.17, 15) is 4.39 Å². The molecule has 166 valence electrons. The summed E-state index contributed by atoms with van der Waals surface area (Å²) in [7, 11) is 0. The first-order valence-corrected chi connectivity index (χ1v) is 11.7. The molecule has 3 aromatic heterocycles. The molecule has 6 heteroatoms. The van der Waals surface area contributed by atoms with Crippen LogP contribution >= 0.6 is 0 Å². The maximum absolute atomic E-state index is 13.9. The Morgan fingerprint density at radius 2 is 1.88 bits per heavy atom. The number of fused-ring (bicyclic) bond motifs is 2. The van der Waals surface area contributed by atoms with Crippen molar-refractivity contribution >= 4 is 21.9 Å². The van der Waals surface area contributed by atoms with Crippen LogP contribution in [-0.4, -0.2) is 24.7 Å². The lowest BCUT2D eigenvalue weighted by Gasteiger charge is -2.32. The number of aromatic nitrogens is 5.